The zero-order valence-corrected chi connectivity index (χ0v) is 22.4. The molecule has 1 amide bonds. The van der Waals surface area contributed by atoms with Gasteiger partial charge < -0.3 is 9.84 Å². The van der Waals surface area contributed by atoms with Crippen molar-refractivity contribution < 1.29 is 34.9 Å². The van der Waals surface area contributed by atoms with Crippen LogP contribution in [0, 0.1) is 11.6 Å². The quantitative estimate of drug-likeness (QED) is 0.253. The molecule has 5 aromatic rings. The first-order valence-electron chi connectivity index (χ1n) is 11.8. The van der Waals surface area contributed by atoms with Crippen LogP contribution in [-0.4, -0.2) is 27.9 Å². The summed E-state index contributed by atoms with van der Waals surface area (Å²) in [5.74, 6) is -3.00. The maximum atomic E-state index is 15.3. The second-order valence-corrected chi connectivity index (χ2v) is 12.3. The molecule has 0 saturated heterocycles. The molecule has 9 nitrogen and oxygen atoms in total. The largest absolute Gasteiger partial charge is 0.350 e. The monoisotopic (exact) mass is 595 g/mol. The minimum absolute atomic E-state index is 0.0135. The highest BCUT2D eigenvalue weighted by atomic mass is 32.3. The summed E-state index contributed by atoms with van der Waals surface area (Å²) in [6.45, 7) is 0. The molecule has 0 aliphatic rings. The van der Waals surface area contributed by atoms with Crippen LogP contribution in [-0.2, 0) is 20.0 Å². The van der Waals surface area contributed by atoms with E-state index in [4.69, 9.17) is 4.52 Å². The maximum absolute atomic E-state index is 15.3. The molecule has 0 bridgehead atoms. The summed E-state index contributed by atoms with van der Waals surface area (Å²) in [4.78, 5) is 12.1. The first-order chi connectivity index (χ1) is 19.6. The topological polar surface area (TPSA) is 127 Å². The summed E-state index contributed by atoms with van der Waals surface area (Å²) in [5.41, 5.74) is -0.888. The highest BCUT2D eigenvalue weighted by Gasteiger charge is 2.38. The standard InChI is InChI=1S/C28H19F2N3O6S2/c29-23-14-8-7-13-22(23)25-18-27(39-32-25)28(34)31-19-15-16-24(30)26(17-19)33(40(35,36)20-9-3-1-4-10-20)41(37,38)21-11-5-2-6-12-21/h1-18H,(H,31,34). The summed E-state index contributed by atoms with van der Waals surface area (Å²) >= 11 is 0. The number of hydrogen-bond donors (Lipinski definition) is 1. The Labute approximate surface area is 233 Å². The summed E-state index contributed by atoms with van der Waals surface area (Å²) in [5, 5.41) is 6.09. The van der Waals surface area contributed by atoms with Gasteiger partial charge in [0.2, 0.25) is 5.76 Å². The summed E-state index contributed by atoms with van der Waals surface area (Å²) < 4.78 is 89.0. The first kappa shape index (κ1) is 27.7. The van der Waals surface area contributed by atoms with E-state index in [1.54, 1.807) is 6.07 Å². The fourth-order valence-electron chi connectivity index (χ4n) is 3.87. The molecular formula is C28H19F2N3O6S2. The molecule has 41 heavy (non-hydrogen) atoms. The van der Waals surface area contributed by atoms with Crippen molar-refractivity contribution in [3.63, 3.8) is 0 Å². The molecule has 0 atom stereocenters. The highest BCUT2D eigenvalue weighted by molar-refractivity contribution is 8.10. The zero-order valence-electron chi connectivity index (χ0n) is 20.8. The summed E-state index contributed by atoms with van der Waals surface area (Å²) in [6.07, 6.45) is 0. The number of aromatic nitrogens is 1. The van der Waals surface area contributed by atoms with Gasteiger partial charge in [-0.1, -0.05) is 53.7 Å². The third-order valence-electron chi connectivity index (χ3n) is 5.80. The van der Waals surface area contributed by atoms with Gasteiger partial charge in [0.25, 0.3) is 26.0 Å². The molecule has 0 unspecified atom stereocenters. The van der Waals surface area contributed by atoms with Crippen LogP contribution in [0.3, 0.4) is 0 Å². The number of anilines is 2. The van der Waals surface area contributed by atoms with Crippen molar-refractivity contribution >= 4 is 37.3 Å². The summed E-state index contributed by atoms with van der Waals surface area (Å²) in [7, 11) is -9.77. The predicted octanol–water partition coefficient (Wildman–Crippen LogP) is 5.46. The fraction of sp³-hybridized carbons (Fsp3) is 0. The molecule has 13 heteroatoms. The molecule has 1 aromatic heterocycles. The van der Waals surface area contributed by atoms with Gasteiger partial charge in [0, 0.05) is 17.3 Å². The number of nitrogens with zero attached hydrogens (tertiary/aromatic N) is 2. The lowest BCUT2D eigenvalue weighted by atomic mass is 10.1. The Morgan fingerprint density at radius 2 is 1.27 bits per heavy atom. The second-order valence-electron chi connectivity index (χ2n) is 8.51. The summed E-state index contributed by atoms with van der Waals surface area (Å²) in [6, 6.07) is 23.0. The van der Waals surface area contributed by atoms with Gasteiger partial charge in [-0.05, 0) is 54.6 Å². The zero-order chi connectivity index (χ0) is 29.2. The molecule has 5 rings (SSSR count). The molecule has 0 saturated carbocycles. The minimum atomic E-state index is -4.88. The Hall–Kier alpha value is -4.88. The smallest absolute Gasteiger partial charge is 0.294 e. The number of halogens is 2. The van der Waals surface area contributed by atoms with Gasteiger partial charge >= 0.3 is 0 Å². The molecule has 0 radical (unpaired) electrons. The van der Waals surface area contributed by atoms with Crippen molar-refractivity contribution in [1.29, 1.82) is 0 Å². The lowest BCUT2D eigenvalue weighted by molar-refractivity contribution is 0.0988. The third-order valence-corrected chi connectivity index (χ3v) is 9.98. The van der Waals surface area contributed by atoms with Crippen molar-refractivity contribution in [3.8, 4) is 11.3 Å². The van der Waals surface area contributed by atoms with Crippen molar-refractivity contribution in [2.24, 2.45) is 0 Å². The van der Waals surface area contributed by atoms with Crippen LogP contribution < -0.4 is 9.03 Å². The predicted molar refractivity (Wildman–Crippen MR) is 146 cm³/mol. The number of sulfonamides is 2. The molecular weight excluding hydrogens is 576 g/mol. The van der Waals surface area contributed by atoms with E-state index >= 15 is 4.39 Å². The molecule has 1 heterocycles. The molecule has 208 valence electrons. The van der Waals surface area contributed by atoms with Gasteiger partial charge in [0.15, 0.2) is 0 Å². The molecule has 0 spiro atoms. The van der Waals surface area contributed by atoms with E-state index in [1.807, 2.05) is 0 Å². The van der Waals surface area contributed by atoms with Gasteiger partial charge in [-0.2, -0.15) is 3.71 Å². The van der Waals surface area contributed by atoms with Crippen LogP contribution in [0.4, 0.5) is 20.2 Å². The SMILES string of the molecule is O=C(Nc1ccc(F)c(N(S(=O)(=O)c2ccccc2)S(=O)(=O)c2ccccc2)c1)c1cc(-c2ccccc2F)no1. The van der Waals surface area contributed by atoms with Crippen LogP contribution in [0.15, 0.2) is 124 Å². The normalized spacial score (nSPS) is 11.7. The Bertz CT molecular complexity index is 1880. The maximum Gasteiger partial charge on any atom is 0.294 e. The first-order valence-corrected chi connectivity index (χ1v) is 14.7. The van der Waals surface area contributed by atoms with Crippen molar-refractivity contribution in [2.75, 3.05) is 9.03 Å². The number of carbonyl (C=O) groups excluding carboxylic acids is 1. The van der Waals surface area contributed by atoms with Crippen LogP contribution in [0.2, 0.25) is 0 Å². The van der Waals surface area contributed by atoms with E-state index < -0.39 is 53.1 Å². The number of amides is 1. The molecule has 4 aromatic carbocycles. The van der Waals surface area contributed by atoms with Crippen molar-refractivity contribution in [2.45, 2.75) is 9.79 Å². The van der Waals surface area contributed by atoms with Crippen molar-refractivity contribution in [3.05, 3.63) is 127 Å². The van der Waals surface area contributed by atoms with Crippen LogP contribution in [0.5, 0.6) is 0 Å². The van der Waals surface area contributed by atoms with E-state index in [9.17, 15) is 26.0 Å². The minimum Gasteiger partial charge on any atom is -0.350 e. The molecule has 1 N–H and O–H groups in total. The van der Waals surface area contributed by atoms with Gasteiger partial charge in [-0.15, -0.1) is 0 Å². The van der Waals surface area contributed by atoms with E-state index in [1.165, 1.54) is 84.9 Å². The fourth-order valence-corrected chi connectivity index (χ4v) is 7.60. The van der Waals surface area contributed by atoms with E-state index in [0.29, 0.717) is 0 Å². The Balaban J connectivity index is 1.55. The lowest BCUT2D eigenvalue weighted by Gasteiger charge is -2.25. The average Bonchev–Trinajstić information content (AvgIpc) is 3.46. The van der Waals surface area contributed by atoms with Crippen LogP contribution in [0.1, 0.15) is 10.6 Å². The van der Waals surface area contributed by atoms with Crippen LogP contribution >= 0.6 is 0 Å². The molecule has 0 fully saturated rings. The number of rotatable bonds is 8. The highest BCUT2D eigenvalue weighted by Crippen LogP contribution is 2.34. The van der Waals surface area contributed by atoms with E-state index in [2.05, 4.69) is 10.5 Å². The second kappa shape index (κ2) is 10.9. The van der Waals surface area contributed by atoms with E-state index in [0.717, 1.165) is 18.2 Å². The number of nitrogens with one attached hydrogen (secondary N) is 1. The van der Waals surface area contributed by atoms with Gasteiger partial charge in [0.1, 0.15) is 23.0 Å². The van der Waals surface area contributed by atoms with Crippen LogP contribution in [0.25, 0.3) is 11.3 Å². The van der Waals surface area contributed by atoms with E-state index in [-0.39, 0.29) is 26.4 Å². The number of hydrogen-bond acceptors (Lipinski definition) is 7. The van der Waals surface area contributed by atoms with Gasteiger partial charge in [-0.25, -0.2) is 25.6 Å². The third kappa shape index (κ3) is 5.44. The average molecular weight is 596 g/mol. The molecule has 0 aliphatic carbocycles. The number of benzene rings is 4. The van der Waals surface area contributed by atoms with Gasteiger partial charge in [-0.3, -0.25) is 4.79 Å². The van der Waals surface area contributed by atoms with Gasteiger partial charge in [0.05, 0.1) is 9.79 Å². The molecule has 0 aliphatic heterocycles. The Kier molecular flexibility index (Phi) is 7.39. The number of carbonyl (C=O) groups is 1. The Morgan fingerprint density at radius 3 is 1.85 bits per heavy atom. The van der Waals surface area contributed by atoms with Crippen molar-refractivity contribution in [1.82, 2.24) is 5.16 Å². The Morgan fingerprint density at radius 1 is 0.707 bits per heavy atom. The lowest BCUT2D eigenvalue weighted by Crippen LogP contribution is -2.37.